The predicted octanol–water partition coefficient (Wildman–Crippen LogP) is 1.64. The molecule has 102 valence electrons. The van der Waals surface area contributed by atoms with E-state index in [4.69, 9.17) is 4.74 Å². The summed E-state index contributed by atoms with van der Waals surface area (Å²) in [5, 5.41) is 7.67. The van der Waals surface area contributed by atoms with Crippen LogP contribution in [0, 0.1) is 0 Å². The summed E-state index contributed by atoms with van der Waals surface area (Å²) in [6.45, 7) is 6.08. The largest absolute Gasteiger partial charge is 0.375 e. The van der Waals surface area contributed by atoms with Gasteiger partial charge in [0.2, 0.25) is 0 Å². The van der Waals surface area contributed by atoms with Crippen LogP contribution in [0.4, 0.5) is 0 Å². The summed E-state index contributed by atoms with van der Waals surface area (Å²) in [4.78, 5) is 4.23. The molecule has 0 radical (unpaired) electrons. The molecule has 1 aromatic rings. The SMILES string of the molecule is CCC1(CC)CC(NCc2ncnn2C)CCO1. The summed E-state index contributed by atoms with van der Waals surface area (Å²) >= 11 is 0. The van der Waals surface area contributed by atoms with Crippen molar-refractivity contribution in [3.8, 4) is 0 Å². The van der Waals surface area contributed by atoms with E-state index in [2.05, 4.69) is 29.2 Å². The maximum Gasteiger partial charge on any atom is 0.140 e. The monoisotopic (exact) mass is 252 g/mol. The van der Waals surface area contributed by atoms with Crippen LogP contribution in [0.1, 0.15) is 45.4 Å². The third-order valence-corrected chi connectivity index (χ3v) is 4.14. The molecular formula is C13H24N4O. The molecule has 5 heteroatoms. The number of ether oxygens (including phenoxy) is 1. The molecule has 0 saturated carbocycles. The number of aromatic nitrogens is 3. The van der Waals surface area contributed by atoms with E-state index in [0.717, 1.165) is 44.7 Å². The highest BCUT2D eigenvalue weighted by Gasteiger charge is 2.34. The van der Waals surface area contributed by atoms with E-state index < -0.39 is 0 Å². The van der Waals surface area contributed by atoms with E-state index in [-0.39, 0.29) is 5.60 Å². The molecule has 1 atom stereocenters. The fraction of sp³-hybridized carbons (Fsp3) is 0.846. The fourth-order valence-corrected chi connectivity index (χ4v) is 2.66. The van der Waals surface area contributed by atoms with Crippen molar-refractivity contribution in [1.82, 2.24) is 20.1 Å². The van der Waals surface area contributed by atoms with Crippen LogP contribution >= 0.6 is 0 Å². The Morgan fingerprint density at radius 1 is 1.50 bits per heavy atom. The van der Waals surface area contributed by atoms with Crippen molar-refractivity contribution in [2.24, 2.45) is 7.05 Å². The fourth-order valence-electron chi connectivity index (χ4n) is 2.66. The highest BCUT2D eigenvalue weighted by atomic mass is 16.5. The Morgan fingerprint density at radius 3 is 2.89 bits per heavy atom. The number of rotatable bonds is 5. The van der Waals surface area contributed by atoms with Gasteiger partial charge in [-0.15, -0.1) is 0 Å². The van der Waals surface area contributed by atoms with Crippen molar-refractivity contribution in [3.05, 3.63) is 12.2 Å². The molecule has 5 nitrogen and oxygen atoms in total. The number of hydrogen-bond donors (Lipinski definition) is 1. The first-order valence-electron chi connectivity index (χ1n) is 6.89. The number of nitrogens with one attached hydrogen (secondary N) is 1. The Hall–Kier alpha value is -0.940. The molecule has 2 heterocycles. The normalized spacial score (nSPS) is 23.2. The second kappa shape index (κ2) is 5.80. The third kappa shape index (κ3) is 2.90. The highest BCUT2D eigenvalue weighted by Crippen LogP contribution is 2.31. The van der Waals surface area contributed by atoms with Crippen LogP contribution in [0.25, 0.3) is 0 Å². The quantitative estimate of drug-likeness (QED) is 0.865. The maximum atomic E-state index is 5.98. The molecule has 18 heavy (non-hydrogen) atoms. The van der Waals surface area contributed by atoms with Crippen LogP contribution in [0.5, 0.6) is 0 Å². The molecule has 1 saturated heterocycles. The van der Waals surface area contributed by atoms with Crippen molar-refractivity contribution in [1.29, 1.82) is 0 Å². The summed E-state index contributed by atoms with van der Waals surface area (Å²) in [5.74, 6) is 0.986. The van der Waals surface area contributed by atoms with Crippen molar-refractivity contribution in [3.63, 3.8) is 0 Å². The van der Waals surface area contributed by atoms with Crippen molar-refractivity contribution >= 4 is 0 Å². The zero-order valence-electron chi connectivity index (χ0n) is 11.6. The van der Waals surface area contributed by atoms with Crippen LogP contribution in [0.2, 0.25) is 0 Å². The molecule has 0 aliphatic carbocycles. The summed E-state index contributed by atoms with van der Waals surface area (Å²) in [6, 6.07) is 0.523. The van der Waals surface area contributed by atoms with E-state index in [1.807, 2.05) is 11.7 Å². The Balaban J connectivity index is 1.88. The van der Waals surface area contributed by atoms with Gasteiger partial charge in [0.05, 0.1) is 12.1 Å². The zero-order chi connectivity index (χ0) is 13.0. The minimum absolute atomic E-state index is 0.0792. The Bertz CT molecular complexity index is 373. The van der Waals surface area contributed by atoms with Crippen molar-refractivity contribution in [2.45, 2.75) is 57.7 Å². The molecule has 1 aromatic heterocycles. The summed E-state index contributed by atoms with van der Waals surface area (Å²) in [5.41, 5.74) is 0.0792. The van der Waals surface area contributed by atoms with Crippen LogP contribution in [0.3, 0.4) is 0 Å². The molecular weight excluding hydrogens is 228 g/mol. The van der Waals surface area contributed by atoms with Gasteiger partial charge in [0.15, 0.2) is 0 Å². The summed E-state index contributed by atoms with van der Waals surface area (Å²) in [7, 11) is 1.93. The van der Waals surface area contributed by atoms with Gasteiger partial charge >= 0.3 is 0 Å². The van der Waals surface area contributed by atoms with Gasteiger partial charge in [-0.2, -0.15) is 5.10 Å². The van der Waals surface area contributed by atoms with Crippen molar-refractivity contribution in [2.75, 3.05) is 6.61 Å². The first-order valence-corrected chi connectivity index (χ1v) is 6.89. The van der Waals surface area contributed by atoms with Gasteiger partial charge in [0.1, 0.15) is 12.2 Å². The number of hydrogen-bond acceptors (Lipinski definition) is 4. The number of aryl methyl sites for hydroxylation is 1. The highest BCUT2D eigenvalue weighted by molar-refractivity contribution is 4.90. The third-order valence-electron chi connectivity index (χ3n) is 4.14. The predicted molar refractivity (Wildman–Crippen MR) is 70.1 cm³/mol. The van der Waals surface area contributed by atoms with Gasteiger partial charge in [-0.3, -0.25) is 4.68 Å². The van der Waals surface area contributed by atoms with Gasteiger partial charge < -0.3 is 10.1 Å². The first kappa shape index (κ1) is 13.5. The standard InChI is InChI=1S/C13H24N4O/c1-4-13(5-2)8-11(6-7-18-13)14-9-12-15-10-16-17(12)3/h10-11,14H,4-9H2,1-3H3. The van der Waals surface area contributed by atoms with E-state index in [0.29, 0.717) is 6.04 Å². The number of nitrogens with zero attached hydrogens (tertiary/aromatic N) is 3. The molecule has 1 aliphatic rings. The molecule has 2 rings (SSSR count). The van der Waals surface area contributed by atoms with Gasteiger partial charge in [0, 0.05) is 19.7 Å². The zero-order valence-corrected chi connectivity index (χ0v) is 11.6. The topological polar surface area (TPSA) is 52.0 Å². The van der Waals surface area contributed by atoms with E-state index in [9.17, 15) is 0 Å². The van der Waals surface area contributed by atoms with Crippen LogP contribution in [-0.4, -0.2) is 33.0 Å². The average Bonchev–Trinajstić information content (AvgIpc) is 2.82. The van der Waals surface area contributed by atoms with Crippen LogP contribution in [0.15, 0.2) is 6.33 Å². The summed E-state index contributed by atoms with van der Waals surface area (Å²) in [6.07, 6.45) is 5.96. The smallest absolute Gasteiger partial charge is 0.140 e. The average molecular weight is 252 g/mol. The van der Waals surface area contributed by atoms with Gasteiger partial charge in [-0.05, 0) is 25.7 Å². The summed E-state index contributed by atoms with van der Waals surface area (Å²) < 4.78 is 7.80. The molecule has 0 aromatic carbocycles. The van der Waals surface area contributed by atoms with Crippen LogP contribution in [-0.2, 0) is 18.3 Å². The molecule has 1 N–H and O–H groups in total. The van der Waals surface area contributed by atoms with Crippen molar-refractivity contribution < 1.29 is 4.74 Å². The first-order chi connectivity index (χ1) is 8.69. The molecule has 1 unspecified atom stereocenters. The van der Waals surface area contributed by atoms with Gasteiger partial charge in [0.25, 0.3) is 0 Å². The minimum atomic E-state index is 0.0792. The lowest BCUT2D eigenvalue weighted by molar-refractivity contribution is -0.0932. The van der Waals surface area contributed by atoms with E-state index in [1.165, 1.54) is 0 Å². The lowest BCUT2D eigenvalue weighted by Gasteiger charge is -2.40. The lowest BCUT2D eigenvalue weighted by atomic mass is 9.86. The van der Waals surface area contributed by atoms with E-state index in [1.54, 1.807) is 6.33 Å². The van der Waals surface area contributed by atoms with Crippen LogP contribution < -0.4 is 5.32 Å². The van der Waals surface area contributed by atoms with E-state index >= 15 is 0 Å². The molecule has 0 spiro atoms. The Morgan fingerprint density at radius 2 is 2.28 bits per heavy atom. The second-order valence-electron chi connectivity index (χ2n) is 5.11. The molecule has 1 aliphatic heterocycles. The second-order valence-corrected chi connectivity index (χ2v) is 5.11. The Kier molecular flexibility index (Phi) is 4.35. The molecule has 0 bridgehead atoms. The van der Waals surface area contributed by atoms with Gasteiger partial charge in [-0.25, -0.2) is 4.98 Å². The lowest BCUT2D eigenvalue weighted by Crippen LogP contribution is -2.46. The van der Waals surface area contributed by atoms with Gasteiger partial charge in [-0.1, -0.05) is 13.8 Å². The maximum absolute atomic E-state index is 5.98. The molecule has 1 fully saturated rings. The minimum Gasteiger partial charge on any atom is -0.375 e. The molecule has 0 amide bonds. The Labute approximate surface area is 109 Å².